The second kappa shape index (κ2) is 5.36. The van der Waals surface area contributed by atoms with Crippen LogP contribution in [0, 0.1) is 0 Å². The highest BCUT2D eigenvalue weighted by molar-refractivity contribution is 7.17. The van der Waals surface area contributed by atoms with Crippen molar-refractivity contribution in [1.82, 2.24) is 4.98 Å². The highest BCUT2D eigenvalue weighted by atomic mass is 32.1. The Hall–Kier alpha value is -2.93. The molecule has 3 aromatic rings. The first-order chi connectivity index (χ1) is 11.2. The average molecular weight is 324 g/mol. The van der Waals surface area contributed by atoms with E-state index in [-0.39, 0.29) is 11.9 Å². The Kier molecular flexibility index (Phi) is 3.20. The molecule has 1 aliphatic rings. The second-order valence-electron chi connectivity index (χ2n) is 5.18. The van der Waals surface area contributed by atoms with Crippen LogP contribution in [0.4, 0.5) is 21.9 Å². The fourth-order valence-corrected chi connectivity index (χ4v) is 3.38. The zero-order valence-electron chi connectivity index (χ0n) is 11.9. The number of urea groups is 1. The molecule has 0 saturated heterocycles. The molecule has 0 radical (unpaired) electrons. The number of thiophene rings is 1. The Morgan fingerprint density at radius 1 is 1.26 bits per heavy atom. The maximum absolute atomic E-state index is 12.2. The summed E-state index contributed by atoms with van der Waals surface area (Å²) in [5, 5.41) is 11.1. The Balaban J connectivity index is 1.50. The van der Waals surface area contributed by atoms with Crippen molar-refractivity contribution < 1.29 is 9.59 Å². The molecule has 0 saturated carbocycles. The molecular weight excluding hydrogens is 312 g/mol. The van der Waals surface area contributed by atoms with Crippen LogP contribution in [0.3, 0.4) is 0 Å². The lowest BCUT2D eigenvalue weighted by atomic mass is 10.1. The van der Waals surface area contributed by atoms with E-state index in [1.807, 2.05) is 23.6 Å². The lowest BCUT2D eigenvalue weighted by Gasteiger charge is -2.08. The number of benzene rings is 1. The van der Waals surface area contributed by atoms with Gasteiger partial charge in [-0.15, -0.1) is 11.3 Å². The van der Waals surface area contributed by atoms with Gasteiger partial charge in [0.05, 0.1) is 12.1 Å². The van der Waals surface area contributed by atoms with Crippen LogP contribution in [0.25, 0.3) is 10.2 Å². The van der Waals surface area contributed by atoms with Crippen molar-refractivity contribution in [1.29, 1.82) is 0 Å². The van der Waals surface area contributed by atoms with E-state index in [9.17, 15) is 9.59 Å². The van der Waals surface area contributed by atoms with E-state index in [1.165, 1.54) is 11.3 Å². The summed E-state index contributed by atoms with van der Waals surface area (Å²) in [6.45, 7) is 0. The molecule has 0 unspecified atom stereocenters. The number of rotatable bonds is 2. The summed E-state index contributed by atoms with van der Waals surface area (Å²) in [7, 11) is 0. The van der Waals surface area contributed by atoms with E-state index in [2.05, 4.69) is 20.9 Å². The third kappa shape index (κ3) is 2.62. The van der Waals surface area contributed by atoms with Crippen LogP contribution < -0.4 is 16.0 Å². The van der Waals surface area contributed by atoms with Gasteiger partial charge in [-0.3, -0.25) is 4.79 Å². The van der Waals surface area contributed by atoms with Gasteiger partial charge < -0.3 is 16.0 Å². The molecule has 0 bridgehead atoms. The number of aromatic nitrogens is 1. The van der Waals surface area contributed by atoms with Gasteiger partial charge in [-0.05, 0) is 29.8 Å². The van der Waals surface area contributed by atoms with Gasteiger partial charge in [0.15, 0.2) is 0 Å². The van der Waals surface area contributed by atoms with Crippen LogP contribution in [-0.4, -0.2) is 16.9 Å². The molecule has 4 rings (SSSR count). The first-order valence-corrected chi connectivity index (χ1v) is 7.90. The van der Waals surface area contributed by atoms with Gasteiger partial charge in [-0.2, -0.15) is 0 Å². The molecule has 0 fully saturated rings. The number of nitrogens with zero attached hydrogens (tertiary/aromatic N) is 1. The standard InChI is InChI=1S/C16H12N4O2S/c21-14-6-9-3-4-10(7-12(9)19-14)18-16(22)20-13-8-23-15-11(13)2-1-5-17-15/h1-5,7-8H,6H2,(H,19,21)(H2,18,20,22). The number of pyridine rings is 1. The van der Waals surface area contributed by atoms with E-state index in [0.717, 1.165) is 27.2 Å². The van der Waals surface area contributed by atoms with Crippen molar-refractivity contribution in [3.63, 3.8) is 0 Å². The first-order valence-electron chi connectivity index (χ1n) is 7.02. The van der Waals surface area contributed by atoms with E-state index in [1.54, 1.807) is 18.3 Å². The largest absolute Gasteiger partial charge is 0.325 e. The van der Waals surface area contributed by atoms with Crippen molar-refractivity contribution >= 4 is 50.6 Å². The third-order valence-electron chi connectivity index (χ3n) is 3.59. The normalized spacial score (nSPS) is 12.8. The fraction of sp³-hybridized carbons (Fsp3) is 0.0625. The van der Waals surface area contributed by atoms with Gasteiger partial charge in [0.1, 0.15) is 4.83 Å². The summed E-state index contributed by atoms with van der Waals surface area (Å²) in [5.74, 6) is -0.0288. The second-order valence-corrected chi connectivity index (χ2v) is 6.04. The van der Waals surface area contributed by atoms with E-state index in [0.29, 0.717) is 12.1 Å². The highest BCUT2D eigenvalue weighted by Crippen LogP contribution is 2.29. The lowest BCUT2D eigenvalue weighted by Crippen LogP contribution is -2.19. The SMILES string of the molecule is O=C1Cc2ccc(NC(=O)Nc3csc4ncccc34)cc2N1. The monoisotopic (exact) mass is 324 g/mol. The van der Waals surface area contributed by atoms with Gasteiger partial charge in [0.25, 0.3) is 0 Å². The molecule has 3 N–H and O–H groups in total. The van der Waals surface area contributed by atoms with Gasteiger partial charge in [0.2, 0.25) is 5.91 Å². The summed E-state index contributed by atoms with van der Waals surface area (Å²) in [6.07, 6.45) is 2.11. The van der Waals surface area contributed by atoms with Crippen LogP contribution in [0.2, 0.25) is 0 Å². The Bertz CT molecular complexity index is 935. The highest BCUT2D eigenvalue weighted by Gasteiger charge is 2.18. The van der Waals surface area contributed by atoms with Crippen molar-refractivity contribution in [2.45, 2.75) is 6.42 Å². The quantitative estimate of drug-likeness (QED) is 0.675. The minimum Gasteiger partial charge on any atom is -0.325 e. The Morgan fingerprint density at radius 3 is 3.09 bits per heavy atom. The number of nitrogens with one attached hydrogen (secondary N) is 3. The molecule has 3 heterocycles. The molecule has 0 aliphatic carbocycles. The van der Waals surface area contributed by atoms with Crippen molar-refractivity contribution in [3.8, 4) is 0 Å². The predicted octanol–water partition coefficient (Wildman–Crippen LogP) is 3.43. The van der Waals surface area contributed by atoms with Crippen LogP contribution in [0.5, 0.6) is 0 Å². The molecule has 1 aliphatic heterocycles. The van der Waals surface area contributed by atoms with Crippen LogP contribution in [-0.2, 0) is 11.2 Å². The summed E-state index contributed by atoms with van der Waals surface area (Å²) < 4.78 is 0. The van der Waals surface area contributed by atoms with Crippen LogP contribution in [0.1, 0.15) is 5.56 Å². The zero-order chi connectivity index (χ0) is 15.8. The summed E-state index contributed by atoms with van der Waals surface area (Å²) in [4.78, 5) is 28.6. The third-order valence-corrected chi connectivity index (χ3v) is 4.49. The number of hydrogen-bond donors (Lipinski definition) is 3. The topological polar surface area (TPSA) is 83.1 Å². The maximum atomic E-state index is 12.2. The van der Waals surface area contributed by atoms with E-state index in [4.69, 9.17) is 0 Å². The van der Waals surface area contributed by atoms with Gasteiger partial charge in [0, 0.05) is 28.3 Å². The van der Waals surface area contributed by atoms with Gasteiger partial charge in [-0.1, -0.05) is 6.07 Å². The minimum absolute atomic E-state index is 0.0288. The Morgan fingerprint density at radius 2 is 2.17 bits per heavy atom. The number of carbonyl (C=O) groups is 2. The summed E-state index contributed by atoms with van der Waals surface area (Å²) in [5.41, 5.74) is 3.04. The number of hydrogen-bond acceptors (Lipinski definition) is 4. The molecule has 0 spiro atoms. The van der Waals surface area contributed by atoms with Crippen molar-refractivity contribution in [2.75, 3.05) is 16.0 Å². The molecule has 1 aromatic carbocycles. The lowest BCUT2D eigenvalue weighted by molar-refractivity contribution is -0.115. The molecular formula is C16H12N4O2S. The maximum Gasteiger partial charge on any atom is 0.323 e. The molecule has 0 atom stereocenters. The minimum atomic E-state index is -0.335. The van der Waals surface area contributed by atoms with E-state index >= 15 is 0 Å². The molecule has 7 heteroatoms. The summed E-state index contributed by atoms with van der Waals surface area (Å²) in [6, 6.07) is 8.80. The van der Waals surface area contributed by atoms with E-state index < -0.39 is 0 Å². The molecule has 3 amide bonds. The Labute approximate surface area is 135 Å². The van der Waals surface area contributed by atoms with Crippen LogP contribution >= 0.6 is 11.3 Å². The zero-order valence-corrected chi connectivity index (χ0v) is 12.7. The fourth-order valence-electron chi connectivity index (χ4n) is 2.54. The smallest absolute Gasteiger partial charge is 0.323 e. The summed E-state index contributed by atoms with van der Waals surface area (Å²) >= 11 is 1.48. The molecule has 2 aromatic heterocycles. The number of carbonyl (C=O) groups excluding carboxylic acids is 2. The van der Waals surface area contributed by atoms with Crippen LogP contribution in [0.15, 0.2) is 41.9 Å². The number of fused-ring (bicyclic) bond motifs is 2. The van der Waals surface area contributed by atoms with Gasteiger partial charge in [-0.25, -0.2) is 9.78 Å². The van der Waals surface area contributed by atoms with Crippen molar-refractivity contribution in [3.05, 3.63) is 47.5 Å². The molecule has 114 valence electrons. The first kappa shape index (κ1) is 13.7. The predicted molar refractivity (Wildman–Crippen MR) is 91.0 cm³/mol. The number of amides is 3. The molecule has 23 heavy (non-hydrogen) atoms. The molecule has 6 nitrogen and oxygen atoms in total. The average Bonchev–Trinajstić information content (AvgIpc) is 3.10. The van der Waals surface area contributed by atoms with Gasteiger partial charge >= 0.3 is 6.03 Å². The van der Waals surface area contributed by atoms with Crippen molar-refractivity contribution in [2.24, 2.45) is 0 Å². The number of anilines is 3.